The Morgan fingerprint density at radius 1 is 1.37 bits per heavy atom. The summed E-state index contributed by atoms with van der Waals surface area (Å²) < 4.78 is 6.69. The van der Waals surface area contributed by atoms with Crippen molar-refractivity contribution in [3.05, 3.63) is 58.3 Å². The predicted octanol–water partition coefficient (Wildman–Crippen LogP) is 2.98. The molecule has 1 aliphatic rings. The molecule has 2 unspecified atom stereocenters. The van der Waals surface area contributed by atoms with Gasteiger partial charge in [-0.3, -0.25) is 9.69 Å². The standard InChI is InChI=1S/C22H25BrN4O3/c1-2-30-20-8-7-15(23)9-14(20)12-27-13-16(28)10-19(27)22(29)24-11-21-25-17-5-3-4-6-18(17)26-21/h3-9,16,19,28H,2,10-13H2,1H3,(H,24,29)(H,25,26). The highest BCUT2D eigenvalue weighted by atomic mass is 79.9. The number of hydrogen-bond donors (Lipinski definition) is 3. The van der Waals surface area contributed by atoms with Gasteiger partial charge in [0.05, 0.1) is 36.3 Å². The summed E-state index contributed by atoms with van der Waals surface area (Å²) in [6.45, 7) is 3.79. The van der Waals surface area contributed by atoms with Crippen LogP contribution in [0.15, 0.2) is 46.9 Å². The van der Waals surface area contributed by atoms with E-state index in [1.165, 1.54) is 0 Å². The highest BCUT2D eigenvalue weighted by Crippen LogP contribution is 2.28. The molecule has 158 valence electrons. The maximum atomic E-state index is 12.9. The van der Waals surface area contributed by atoms with Crippen molar-refractivity contribution in [2.75, 3.05) is 13.2 Å². The number of amides is 1. The van der Waals surface area contributed by atoms with E-state index < -0.39 is 12.1 Å². The first-order valence-electron chi connectivity index (χ1n) is 10.1. The second-order valence-corrected chi connectivity index (χ2v) is 8.35. The fourth-order valence-electron chi connectivity index (χ4n) is 3.89. The van der Waals surface area contributed by atoms with Gasteiger partial charge in [0.25, 0.3) is 0 Å². The maximum Gasteiger partial charge on any atom is 0.237 e. The van der Waals surface area contributed by atoms with E-state index >= 15 is 0 Å². The Balaban J connectivity index is 1.44. The number of rotatable bonds is 7. The first-order valence-corrected chi connectivity index (χ1v) is 10.9. The van der Waals surface area contributed by atoms with Gasteiger partial charge in [-0.05, 0) is 43.7 Å². The number of aliphatic hydroxyl groups excluding tert-OH is 1. The van der Waals surface area contributed by atoms with Crippen LogP contribution >= 0.6 is 15.9 Å². The number of nitrogens with zero attached hydrogens (tertiary/aromatic N) is 2. The highest BCUT2D eigenvalue weighted by molar-refractivity contribution is 9.10. The number of para-hydroxylation sites is 2. The molecular weight excluding hydrogens is 448 g/mol. The van der Waals surface area contributed by atoms with Gasteiger partial charge in [0.1, 0.15) is 11.6 Å². The molecule has 0 radical (unpaired) electrons. The third-order valence-corrected chi connectivity index (χ3v) is 5.74. The normalized spacial score (nSPS) is 19.3. The van der Waals surface area contributed by atoms with Crippen molar-refractivity contribution in [2.45, 2.75) is 38.6 Å². The molecule has 0 bridgehead atoms. The number of fused-ring (bicyclic) bond motifs is 1. The molecule has 2 aromatic carbocycles. The quantitative estimate of drug-likeness (QED) is 0.491. The van der Waals surface area contributed by atoms with Crippen LogP contribution in [0.5, 0.6) is 5.75 Å². The van der Waals surface area contributed by atoms with Crippen LogP contribution < -0.4 is 10.1 Å². The van der Waals surface area contributed by atoms with Crippen LogP contribution in [0.2, 0.25) is 0 Å². The van der Waals surface area contributed by atoms with Crippen LogP contribution in [-0.4, -0.2) is 51.2 Å². The maximum absolute atomic E-state index is 12.9. The van der Waals surface area contributed by atoms with Crippen LogP contribution in [0.1, 0.15) is 24.7 Å². The number of β-amino-alcohol motifs (C(OH)–C–C–N with tert-alkyl or cyclic N) is 1. The Kier molecular flexibility index (Phi) is 6.36. The highest BCUT2D eigenvalue weighted by Gasteiger charge is 2.36. The minimum Gasteiger partial charge on any atom is -0.494 e. The van der Waals surface area contributed by atoms with E-state index in [2.05, 4.69) is 31.2 Å². The Labute approximate surface area is 183 Å². The second kappa shape index (κ2) is 9.16. The molecule has 1 amide bonds. The molecule has 4 rings (SSSR count). The van der Waals surface area contributed by atoms with Gasteiger partial charge >= 0.3 is 0 Å². The molecule has 1 fully saturated rings. The third kappa shape index (κ3) is 4.66. The Bertz CT molecular complexity index is 1010. The summed E-state index contributed by atoms with van der Waals surface area (Å²) in [5.41, 5.74) is 2.80. The zero-order valence-electron chi connectivity index (χ0n) is 16.8. The zero-order valence-corrected chi connectivity index (χ0v) is 18.4. The molecular formula is C22H25BrN4O3. The number of aromatic nitrogens is 2. The van der Waals surface area contributed by atoms with Crippen LogP contribution in [0.25, 0.3) is 11.0 Å². The lowest BCUT2D eigenvalue weighted by molar-refractivity contribution is -0.125. The zero-order chi connectivity index (χ0) is 21.1. The van der Waals surface area contributed by atoms with Gasteiger partial charge in [-0.1, -0.05) is 28.1 Å². The van der Waals surface area contributed by atoms with Gasteiger partial charge in [-0.2, -0.15) is 0 Å². The molecule has 3 N–H and O–H groups in total. The summed E-state index contributed by atoms with van der Waals surface area (Å²) in [5.74, 6) is 1.39. The summed E-state index contributed by atoms with van der Waals surface area (Å²) in [5, 5.41) is 13.2. The molecule has 7 nitrogen and oxygen atoms in total. The molecule has 1 saturated heterocycles. The van der Waals surface area contributed by atoms with Gasteiger partial charge in [-0.15, -0.1) is 0 Å². The number of ether oxygens (including phenoxy) is 1. The van der Waals surface area contributed by atoms with Gasteiger partial charge in [0, 0.05) is 23.1 Å². The number of hydrogen-bond acceptors (Lipinski definition) is 5. The van der Waals surface area contributed by atoms with Crippen molar-refractivity contribution in [1.29, 1.82) is 0 Å². The van der Waals surface area contributed by atoms with Crippen LogP contribution in [0.4, 0.5) is 0 Å². The van der Waals surface area contributed by atoms with E-state index in [9.17, 15) is 9.90 Å². The average molecular weight is 473 g/mol. The van der Waals surface area contributed by atoms with E-state index in [0.717, 1.165) is 26.8 Å². The van der Waals surface area contributed by atoms with Gasteiger partial charge in [0.2, 0.25) is 5.91 Å². The van der Waals surface area contributed by atoms with E-state index in [-0.39, 0.29) is 5.91 Å². The topological polar surface area (TPSA) is 90.5 Å². The number of likely N-dealkylation sites (tertiary alicyclic amines) is 1. The van der Waals surface area contributed by atoms with E-state index in [0.29, 0.717) is 38.5 Å². The Morgan fingerprint density at radius 3 is 3.00 bits per heavy atom. The number of nitrogens with one attached hydrogen (secondary N) is 2. The molecule has 2 heterocycles. The molecule has 0 saturated carbocycles. The fourth-order valence-corrected chi connectivity index (χ4v) is 4.30. The lowest BCUT2D eigenvalue weighted by Gasteiger charge is -2.24. The summed E-state index contributed by atoms with van der Waals surface area (Å²) in [4.78, 5) is 22.6. The van der Waals surface area contributed by atoms with Crippen molar-refractivity contribution in [2.24, 2.45) is 0 Å². The number of aliphatic hydroxyl groups is 1. The minimum atomic E-state index is -0.533. The van der Waals surface area contributed by atoms with Crippen LogP contribution in [0, 0.1) is 0 Å². The Hall–Kier alpha value is -2.42. The molecule has 3 aromatic rings. The number of halogens is 1. The third-order valence-electron chi connectivity index (χ3n) is 5.25. The lowest BCUT2D eigenvalue weighted by atomic mass is 10.1. The predicted molar refractivity (Wildman–Crippen MR) is 118 cm³/mol. The summed E-state index contributed by atoms with van der Waals surface area (Å²) in [6, 6.07) is 13.2. The monoisotopic (exact) mass is 472 g/mol. The SMILES string of the molecule is CCOc1ccc(Br)cc1CN1CC(O)CC1C(=O)NCc1nc2ccccc2[nH]1. The van der Waals surface area contributed by atoms with Crippen LogP contribution in [-0.2, 0) is 17.9 Å². The van der Waals surface area contributed by atoms with Gasteiger partial charge in [-0.25, -0.2) is 4.98 Å². The molecule has 0 aliphatic carbocycles. The van der Waals surface area contributed by atoms with E-state index in [4.69, 9.17) is 4.74 Å². The van der Waals surface area contributed by atoms with Crippen molar-refractivity contribution in [3.8, 4) is 5.75 Å². The van der Waals surface area contributed by atoms with E-state index in [1.807, 2.05) is 54.3 Å². The first kappa shape index (κ1) is 20.8. The summed E-state index contributed by atoms with van der Waals surface area (Å²) in [7, 11) is 0. The second-order valence-electron chi connectivity index (χ2n) is 7.44. The van der Waals surface area contributed by atoms with Crippen LogP contribution in [0.3, 0.4) is 0 Å². The van der Waals surface area contributed by atoms with Gasteiger partial charge in [0.15, 0.2) is 0 Å². The van der Waals surface area contributed by atoms with Crippen molar-refractivity contribution >= 4 is 32.9 Å². The number of carbonyl (C=O) groups excluding carboxylic acids is 1. The molecule has 8 heteroatoms. The minimum absolute atomic E-state index is 0.111. The first-order chi connectivity index (χ1) is 14.5. The number of aromatic amines is 1. The average Bonchev–Trinajstić information content (AvgIpc) is 3.31. The van der Waals surface area contributed by atoms with Crippen molar-refractivity contribution < 1.29 is 14.6 Å². The molecule has 1 aliphatic heterocycles. The number of H-pyrrole nitrogens is 1. The smallest absolute Gasteiger partial charge is 0.237 e. The lowest BCUT2D eigenvalue weighted by Crippen LogP contribution is -2.42. The van der Waals surface area contributed by atoms with Crippen molar-refractivity contribution in [1.82, 2.24) is 20.2 Å². The number of benzene rings is 2. The molecule has 1 aromatic heterocycles. The Morgan fingerprint density at radius 2 is 2.20 bits per heavy atom. The molecule has 30 heavy (non-hydrogen) atoms. The fraction of sp³-hybridized carbons (Fsp3) is 0.364. The number of imidazole rings is 1. The van der Waals surface area contributed by atoms with Crippen molar-refractivity contribution in [3.63, 3.8) is 0 Å². The number of carbonyl (C=O) groups is 1. The van der Waals surface area contributed by atoms with E-state index in [1.54, 1.807) is 0 Å². The van der Waals surface area contributed by atoms with Gasteiger partial charge < -0.3 is 20.1 Å². The largest absolute Gasteiger partial charge is 0.494 e. The molecule has 2 atom stereocenters. The summed E-state index contributed by atoms with van der Waals surface area (Å²) >= 11 is 3.50. The summed E-state index contributed by atoms with van der Waals surface area (Å²) in [6.07, 6.45) is -0.126. The molecule has 0 spiro atoms.